The van der Waals surface area contributed by atoms with E-state index in [1.807, 2.05) is 25.7 Å². The fraction of sp³-hybridized carbons (Fsp3) is 0.609. The number of halogens is 1. The summed E-state index contributed by atoms with van der Waals surface area (Å²) in [5.41, 5.74) is 0.217. The molecule has 30 heavy (non-hydrogen) atoms. The molecule has 1 aromatic rings. The first kappa shape index (κ1) is 22.6. The second kappa shape index (κ2) is 9.38. The van der Waals surface area contributed by atoms with Gasteiger partial charge in [-0.3, -0.25) is 14.4 Å². The van der Waals surface area contributed by atoms with Gasteiger partial charge in [-0.2, -0.15) is 0 Å². The number of amides is 3. The third-order valence-corrected chi connectivity index (χ3v) is 6.19. The highest BCUT2D eigenvalue weighted by Crippen LogP contribution is 2.23. The van der Waals surface area contributed by atoms with E-state index in [1.54, 1.807) is 29.2 Å². The molecule has 2 heterocycles. The molecule has 1 atom stereocenters. The molecule has 164 valence electrons. The molecule has 0 radical (unpaired) electrons. The first-order chi connectivity index (χ1) is 14.1. The standard InChI is InChI=1S/C23H32ClN3O3/c1-23(2,3)22(30)26-13-10-19(11-14-26)25-20(28)17-5-4-12-27(15-17)21(29)16-6-8-18(24)9-7-16/h6-9,17,19H,4-5,10-15H2,1-3H3,(H,25,28). The molecule has 1 aromatic carbocycles. The van der Waals surface area contributed by atoms with Crippen LogP contribution < -0.4 is 5.32 Å². The van der Waals surface area contributed by atoms with E-state index in [0.717, 1.165) is 25.7 Å². The predicted octanol–water partition coefficient (Wildman–Crippen LogP) is 3.35. The summed E-state index contributed by atoms with van der Waals surface area (Å²) in [6, 6.07) is 6.95. The summed E-state index contributed by atoms with van der Waals surface area (Å²) in [6.07, 6.45) is 3.15. The van der Waals surface area contributed by atoms with Gasteiger partial charge >= 0.3 is 0 Å². The lowest BCUT2D eigenvalue weighted by Crippen LogP contribution is -2.52. The summed E-state index contributed by atoms with van der Waals surface area (Å²) < 4.78 is 0. The fourth-order valence-corrected chi connectivity index (χ4v) is 4.30. The van der Waals surface area contributed by atoms with Crippen molar-refractivity contribution in [2.45, 2.75) is 52.5 Å². The third kappa shape index (κ3) is 5.54. The van der Waals surface area contributed by atoms with Crippen LogP contribution in [0.3, 0.4) is 0 Å². The topological polar surface area (TPSA) is 69.7 Å². The maximum Gasteiger partial charge on any atom is 0.253 e. The number of nitrogens with one attached hydrogen (secondary N) is 1. The zero-order valence-electron chi connectivity index (χ0n) is 18.1. The lowest BCUT2D eigenvalue weighted by atomic mass is 9.92. The predicted molar refractivity (Wildman–Crippen MR) is 117 cm³/mol. The molecule has 2 saturated heterocycles. The van der Waals surface area contributed by atoms with Gasteiger partial charge in [0.2, 0.25) is 11.8 Å². The maximum atomic E-state index is 12.8. The molecule has 3 amide bonds. The first-order valence-electron chi connectivity index (χ1n) is 10.8. The van der Waals surface area contributed by atoms with Crippen LogP contribution in [-0.2, 0) is 9.59 Å². The Bertz CT molecular complexity index is 780. The Labute approximate surface area is 183 Å². The minimum absolute atomic E-state index is 0.0178. The highest BCUT2D eigenvalue weighted by molar-refractivity contribution is 6.30. The molecule has 1 N–H and O–H groups in total. The van der Waals surface area contributed by atoms with Crippen LogP contribution in [0, 0.1) is 11.3 Å². The van der Waals surface area contributed by atoms with Crippen molar-refractivity contribution < 1.29 is 14.4 Å². The van der Waals surface area contributed by atoms with Gasteiger partial charge in [0.15, 0.2) is 0 Å². The fourth-order valence-electron chi connectivity index (χ4n) is 4.17. The van der Waals surface area contributed by atoms with Gasteiger partial charge in [0.05, 0.1) is 5.92 Å². The molecule has 0 aromatic heterocycles. The van der Waals surface area contributed by atoms with Crippen molar-refractivity contribution in [2.75, 3.05) is 26.2 Å². The Kier molecular flexibility index (Phi) is 7.06. The molecule has 2 aliphatic rings. The van der Waals surface area contributed by atoms with Crippen molar-refractivity contribution in [3.8, 4) is 0 Å². The number of hydrogen-bond donors (Lipinski definition) is 1. The molecule has 0 bridgehead atoms. The van der Waals surface area contributed by atoms with Crippen LogP contribution in [-0.4, -0.2) is 59.7 Å². The average molecular weight is 434 g/mol. The van der Waals surface area contributed by atoms with Gasteiger partial charge in [-0.25, -0.2) is 0 Å². The summed E-state index contributed by atoms with van der Waals surface area (Å²) >= 11 is 5.91. The van der Waals surface area contributed by atoms with Crippen LogP contribution in [0.4, 0.5) is 0 Å². The van der Waals surface area contributed by atoms with Crippen molar-refractivity contribution in [1.29, 1.82) is 0 Å². The van der Waals surface area contributed by atoms with Crippen LogP contribution in [0.2, 0.25) is 5.02 Å². The second-order valence-corrected chi connectivity index (χ2v) is 9.86. The summed E-state index contributed by atoms with van der Waals surface area (Å²) in [6.45, 7) is 8.25. The summed E-state index contributed by atoms with van der Waals surface area (Å²) in [4.78, 5) is 41.7. The number of hydrogen-bond acceptors (Lipinski definition) is 3. The normalized spacial score (nSPS) is 20.7. The minimum atomic E-state index is -0.377. The lowest BCUT2D eigenvalue weighted by molar-refractivity contribution is -0.140. The molecule has 2 fully saturated rings. The monoisotopic (exact) mass is 433 g/mol. The molecule has 3 rings (SSSR count). The van der Waals surface area contributed by atoms with E-state index in [-0.39, 0.29) is 35.1 Å². The average Bonchev–Trinajstić information content (AvgIpc) is 2.73. The zero-order valence-corrected chi connectivity index (χ0v) is 18.9. The Morgan fingerprint density at radius 3 is 2.20 bits per heavy atom. The van der Waals surface area contributed by atoms with E-state index in [4.69, 9.17) is 11.6 Å². The molecule has 0 spiro atoms. The molecule has 0 saturated carbocycles. The number of carbonyl (C=O) groups is 3. The van der Waals surface area contributed by atoms with E-state index in [1.165, 1.54) is 0 Å². The molecule has 7 heteroatoms. The number of nitrogens with zero attached hydrogens (tertiary/aromatic N) is 2. The van der Waals surface area contributed by atoms with Gasteiger partial charge < -0.3 is 15.1 Å². The van der Waals surface area contributed by atoms with E-state index in [9.17, 15) is 14.4 Å². The lowest BCUT2D eigenvalue weighted by Gasteiger charge is -2.37. The van der Waals surface area contributed by atoms with E-state index in [0.29, 0.717) is 36.8 Å². The van der Waals surface area contributed by atoms with Crippen LogP contribution in [0.5, 0.6) is 0 Å². The van der Waals surface area contributed by atoms with Crippen LogP contribution >= 0.6 is 11.6 Å². The number of carbonyl (C=O) groups excluding carboxylic acids is 3. The third-order valence-electron chi connectivity index (χ3n) is 5.94. The van der Waals surface area contributed by atoms with Gasteiger partial charge in [0.1, 0.15) is 0 Å². The molecular weight excluding hydrogens is 402 g/mol. The zero-order chi connectivity index (χ0) is 21.9. The highest BCUT2D eigenvalue weighted by Gasteiger charge is 2.33. The number of likely N-dealkylation sites (tertiary alicyclic amines) is 2. The van der Waals surface area contributed by atoms with Crippen LogP contribution in [0.1, 0.15) is 56.8 Å². The van der Waals surface area contributed by atoms with E-state index in [2.05, 4.69) is 5.32 Å². The van der Waals surface area contributed by atoms with E-state index < -0.39 is 0 Å². The Morgan fingerprint density at radius 1 is 0.967 bits per heavy atom. The van der Waals surface area contributed by atoms with Gasteiger partial charge in [-0.15, -0.1) is 0 Å². The van der Waals surface area contributed by atoms with Crippen molar-refractivity contribution in [3.63, 3.8) is 0 Å². The van der Waals surface area contributed by atoms with Crippen molar-refractivity contribution in [1.82, 2.24) is 15.1 Å². The van der Waals surface area contributed by atoms with Gasteiger partial charge in [0.25, 0.3) is 5.91 Å². The highest BCUT2D eigenvalue weighted by atomic mass is 35.5. The Morgan fingerprint density at radius 2 is 1.60 bits per heavy atom. The van der Waals surface area contributed by atoms with Crippen LogP contribution in [0.15, 0.2) is 24.3 Å². The largest absolute Gasteiger partial charge is 0.353 e. The van der Waals surface area contributed by atoms with Gasteiger partial charge in [-0.1, -0.05) is 32.4 Å². The van der Waals surface area contributed by atoms with Crippen molar-refractivity contribution in [3.05, 3.63) is 34.9 Å². The molecule has 2 aliphatic heterocycles. The first-order valence-corrected chi connectivity index (χ1v) is 11.2. The molecule has 6 nitrogen and oxygen atoms in total. The molecule has 1 unspecified atom stereocenters. The summed E-state index contributed by atoms with van der Waals surface area (Å²) in [5, 5.41) is 3.76. The Hall–Kier alpha value is -2.08. The SMILES string of the molecule is CC(C)(C)C(=O)N1CCC(NC(=O)C2CCCN(C(=O)c3ccc(Cl)cc3)C2)CC1. The second-order valence-electron chi connectivity index (χ2n) is 9.42. The quantitative estimate of drug-likeness (QED) is 0.794. The Balaban J connectivity index is 1.50. The van der Waals surface area contributed by atoms with Gasteiger partial charge in [0, 0.05) is 48.2 Å². The summed E-state index contributed by atoms with van der Waals surface area (Å²) in [5.74, 6) is -0.0671. The minimum Gasteiger partial charge on any atom is -0.353 e. The smallest absolute Gasteiger partial charge is 0.253 e. The maximum absolute atomic E-state index is 12.8. The number of rotatable bonds is 3. The van der Waals surface area contributed by atoms with Gasteiger partial charge in [-0.05, 0) is 49.9 Å². The number of benzene rings is 1. The molecule has 0 aliphatic carbocycles. The van der Waals surface area contributed by atoms with Crippen LogP contribution in [0.25, 0.3) is 0 Å². The number of piperidine rings is 2. The van der Waals surface area contributed by atoms with E-state index >= 15 is 0 Å². The summed E-state index contributed by atoms with van der Waals surface area (Å²) in [7, 11) is 0. The van der Waals surface area contributed by atoms with Crippen molar-refractivity contribution in [2.24, 2.45) is 11.3 Å². The molecular formula is C23H32ClN3O3. The van der Waals surface area contributed by atoms with Crippen molar-refractivity contribution >= 4 is 29.3 Å².